The van der Waals surface area contributed by atoms with Gasteiger partial charge in [-0.1, -0.05) is 30.2 Å². The summed E-state index contributed by atoms with van der Waals surface area (Å²) in [5, 5.41) is 0.709. The molecule has 0 amide bonds. The number of hydrogen-bond donors (Lipinski definition) is 0. The van der Waals surface area contributed by atoms with E-state index in [2.05, 4.69) is 0 Å². The molecule has 1 aliphatic heterocycles. The second-order valence-corrected chi connectivity index (χ2v) is 5.85. The molecule has 2 atom stereocenters. The highest BCUT2D eigenvalue weighted by Gasteiger charge is 2.35. The Morgan fingerprint density at radius 2 is 1.89 bits per heavy atom. The molecule has 1 aromatic rings. The van der Waals surface area contributed by atoms with Crippen molar-refractivity contribution in [1.29, 1.82) is 0 Å². The van der Waals surface area contributed by atoms with Gasteiger partial charge in [0.25, 0.3) is 0 Å². The maximum atomic E-state index is 12.0. The topological polar surface area (TPSA) is 26.3 Å². The van der Waals surface area contributed by atoms with Gasteiger partial charge in [-0.3, -0.25) is 0 Å². The number of fused-ring (bicyclic) bond motifs is 1. The molecule has 1 aliphatic carbocycles. The zero-order valence-electron chi connectivity index (χ0n) is 10.8. The first-order valence-corrected chi connectivity index (χ1v) is 7.27. The fourth-order valence-corrected chi connectivity index (χ4v) is 3.15. The van der Waals surface area contributed by atoms with Gasteiger partial charge in [-0.15, -0.1) is 0 Å². The molecular weight excluding hydrogens is 260 g/mol. The summed E-state index contributed by atoms with van der Waals surface area (Å²) in [6.45, 7) is 0. The van der Waals surface area contributed by atoms with E-state index in [1.807, 2.05) is 30.3 Å². The van der Waals surface area contributed by atoms with Gasteiger partial charge in [-0.2, -0.15) is 0 Å². The minimum Gasteiger partial charge on any atom is -0.459 e. The van der Waals surface area contributed by atoms with Gasteiger partial charge in [0.2, 0.25) is 0 Å². The molecule has 3 rings (SSSR count). The van der Waals surface area contributed by atoms with Crippen LogP contribution in [0.3, 0.4) is 0 Å². The van der Waals surface area contributed by atoms with Gasteiger partial charge in [0.1, 0.15) is 6.10 Å². The molecule has 1 heterocycles. The van der Waals surface area contributed by atoms with Crippen molar-refractivity contribution in [3.63, 3.8) is 0 Å². The second kappa shape index (κ2) is 5.38. The maximum absolute atomic E-state index is 12.0. The van der Waals surface area contributed by atoms with Crippen molar-refractivity contribution < 1.29 is 9.53 Å². The van der Waals surface area contributed by atoms with Gasteiger partial charge < -0.3 is 4.74 Å². The van der Waals surface area contributed by atoms with Crippen molar-refractivity contribution in [3.8, 4) is 0 Å². The fraction of sp³-hybridized carbons (Fsp3) is 0.438. The van der Waals surface area contributed by atoms with Crippen LogP contribution >= 0.6 is 11.6 Å². The molecule has 3 heteroatoms. The lowest BCUT2D eigenvalue weighted by Gasteiger charge is -2.35. The first kappa shape index (κ1) is 12.7. The largest absolute Gasteiger partial charge is 0.459 e. The molecule has 0 aromatic heterocycles. The van der Waals surface area contributed by atoms with Gasteiger partial charge in [0.15, 0.2) is 0 Å². The SMILES string of the molecule is O=C1O[C@H]2CCCC[C@@H]2C/C1=C\c1ccc(Cl)cc1. The number of carbonyl (C=O) groups excluding carboxylic acids is 1. The van der Waals surface area contributed by atoms with Gasteiger partial charge >= 0.3 is 5.97 Å². The summed E-state index contributed by atoms with van der Waals surface area (Å²) in [7, 11) is 0. The van der Waals surface area contributed by atoms with Gasteiger partial charge in [-0.25, -0.2) is 4.79 Å². The Balaban J connectivity index is 1.80. The number of esters is 1. The van der Waals surface area contributed by atoms with Crippen molar-refractivity contribution >= 4 is 23.6 Å². The van der Waals surface area contributed by atoms with Crippen molar-refractivity contribution in [2.24, 2.45) is 5.92 Å². The molecule has 2 aliphatic rings. The van der Waals surface area contributed by atoms with Crippen LogP contribution in [0, 0.1) is 5.92 Å². The summed E-state index contributed by atoms with van der Waals surface area (Å²) in [4.78, 5) is 12.0. The highest BCUT2D eigenvalue weighted by Crippen LogP contribution is 2.36. The molecule has 1 saturated heterocycles. The Morgan fingerprint density at radius 1 is 1.16 bits per heavy atom. The quantitative estimate of drug-likeness (QED) is 0.567. The molecule has 19 heavy (non-hydrogen) atoms. The first-order valence-electron chi connectivity index (χ1n) is 6.89. The van der Waals surface area contributed by atoms with E-state index in [1.54, 1.807) is 0 Å². The number of rotatable bonds is 1. The third-order valence-electron chi connectivity index (χ3n) is 4.05. The number of hydrogen-bond acceptors (Lipinski definition) is 2. The lowest BCUT2D eigenvalue weighted by molar-refractivity contribution is -0.153. The number of benzene rings is 1. The standard InChI is InChI=1S/C16H17ClO2/c17-14-7-5-11(6-8-14)9-13-10-12-3-1-2-4-15(12)19-16(13)18/h5-9,12,15H,1-4,10H2/b13-9+/t12-,15+/m1/s1. The van der Waals surface area contributed by atoms with E-state index in [9.17, 15) is 4.79 Å². The van der Waals surface area contributed by atoms with Gasteiger partial charge in [0, 0.05) is 16.5 Å². The molecule has 1 aromatic carbocycles. The predicted octanol–water partition coefficient (Wildman–Crippen LogP) is 4.23. The van der Waals surface area contributed by atoms with Crippen LogP contribution in [0.25, 0.3) is 6.08 Å². The molecule has 0 spiro atoms. The van der Waals surface area contributed by atoms with Crippen LogP contribution in [0.4, 0.5) is 0 Å². The summed E-state index contributed by atoms with van der Waals surface area (Å²) < 4.78 is 5.57. The number of halogens is 1. The molecular formula is C16H17ClO2. The maximum Gasteiger partial charge on any atom is 0.334 e. The van der Waals surface area contributed by atoms with Crippen LogP contribution in [0.15, 0.2) is 29.8 Å². The molecule has 0 unspecified atom stereocenters. The summed E-state index contributed by atoms with van der Waals surface area (Å²) in [6, 6.07) is 7.53. The van der Waals surface area contributed by atoms with Gasteiger partial charge in [-0.05, 0) is 49.5 Å². The Hall–Kier alpha value is -1.28. The van der Waals surface area contributed by atoms with E-state index >= 15 is 0 Å². The van der Waals surface area contributed by atoms with Crippen LogP contribution in [0.5, 0.6) is 0 Å². The molecule has 0 radical (unpaired) electrons. The first-order chi connectivity index (χ1) is 9.22. The zero-order chi connectivity index (χ0) is 13.2. The van der Waals surface area contributed by atoms with Crippen molar-refractivity contribution in [2.75, 3.05) is 0 Å². The fourth-order valence-electron chi connectivity index (χ4n) is 3.02. The molecule has 1 saturated carbocycles. The number of carbonyl (C=O) groups is 1. The summed E-state index contributed by atoms with van der Waals surface area (Å²) in [6.07, 6.45) is 7.59. The Labute approximate surface area is 118 Å². The third kappa shape index (κ3) is 2.84. The molecule has 100 valence electrons. The average Bonchev–Trinajstić information content (AvgIpc) is 2.42. The van der Waals surface area contributed by atoms with E-state index < -0.39 is 0 Å². The Morgan fingerprint density at radius 3 is 2.68 bits per heavy atom. The highest BCUT2D eigenvalue weighted by molar-refractivity contribution is 6.30. The summed E-state index contributed by atoms with van der Waals surface area (Å²) in [5.74, 6) is 0.378. The van der Waals surface area contributed by atoms with Crippen molar-refractivity contribution in [2.45, 2.75) is 38.2 Å². The van der Waals surface area contributed by atoms with E-state index in [4.69, 9.17) is 16.3 Å². The van der Waals surface area contributed by atoms with Crippen LogP contribution in [0.2, 0.25) is 5.02 Å². The van der Waals surface area contributed by atoms with Gasteiger partial charge in [0.05, 0.1) is 0 Å². The normalized spacial score (nSPS) is 28.9. The van der Waals surface area contributed by atoms with E-state index in [0.29, 0.717) is 10.9 Å². The average molecular weight is 277 g/mol. The van der Waals surface area contributed by atoms with Crippen LogP contribution in [-0.2, 0) is 9.53 Å². The minimum absolute atomic E-state index is 0.141. The third-order valence-corrected chi connectivity index (χ3v) is 4.30. The van der Waals surface area contributed by atoms with Crippen LogP contribution in [0.1, 0.15) is 37.7 Å². The lowest BCUT2D eigenvalue weighted by atomic mass is 9.80. The zero-order valence-corrected chi connectivity index (χ0v) is 11.5. The molecule has 2 nitrogen and oxygen atoms in total. The highest BCUT2D eigenvalue weighted by atomic mass is 35.5. The van der Waals surface area contributed by atoms with Crippen LogP contribution in [-0.4, -0.2) is 12.1 Å². The van der Waals surface area contributed by atoms with Crippen LogP contribution < -0.4 is 0 Å². The lowest BCUT2D eigenvalue weighted by Crippen LogP contribution is -2.36. The van der Waals surface area contributed by atoms with E-state index in [-0.39, 0.29) is 12.1 Å². The van der Waals surface area contributed by atoms with E-state index in [0.717, 1.165) is 24.0 Å². The Kier molecular flexibility index (Phi) is 3.61. The summed E-state index contributed by atoms with van der Waals surface area (Å²) in [5.41, 5.74) is 1.80. The second-order valence-electron chi connectivity index (χ2n) is 5.41. The van der Waals surface area contributed by atoms with Crippen molar-refractivity contribution in [3.05, 3.63) is 40.4 Å². The smallest absolute Gasteiger partial charge is 0.334 e. The van der Waals surface area contributed by atoms with Crippen molar-refractivity contribution in [1.82, 2.24) is 0 Å². The Bertz CT molecular complexity index is 504. The minimum atomic E-state index is -0.141. The van der Waals surface area contributed by atoms with E-state index in [1.165, 1.54) is 19.3 Å². The predicted molar refractivity (Wildman–Crippen MR) is 75.9 cm³/mol. The molecule has 2 fully saturated rings. The number of ether oxygens (including phenoxy) is 1. The summed E-state index contributed by atoms with van der Waals surface area (Å²) >= 11 is 5.86. The molecule has 0 bridgehead atoms. The monoisotopic (exact) mass is 276 g/mol. The molecule has 0 N–H and O–H groups in total.